The maximum Gasteiger partial charge on any atom is 0.424 e. The van der Waals surface area contributed by atoms with Gasteiger partial charge in [-0.25, -0.2) is 14.4 Å². The molecule has 50 heavy (non-hydrogen) atoms. The summed E-state index contributed by atoms with van der Waals surface area (Å²) in [7, 11) is 1.31. The number of hydrogen-bond donors (Lipinski definition) is 4. The largest absolute Gasteiger partial charge is 0.494 e. The first-order valence-electron chi connectivity index (χ1n) is 15.1. The number of methoxy groups -OCH3 is 1. The second kappa shape index (κ2) is 13.4. The van der Waals surface area contributed by atoms with Crippen molar-refractivity contribution in [2.45, 2.75) is 50.6 Å². The number of fused-ring (bicyclic) bond motifs is 2. The zero-order chi connectivity index (χ0) is 36.8. The van der Waals surface area contributed by atoms with Gasteiger partial charge < -0.3 is 36.1 Å². The smallest absolute Gasteiger partial charge is 0.424 e. The number of amides is 2. The number of primary amides is 1. The molecule has 1 aliphatic rings. The Morgan fingerprint density at radius 2 is 1.82 bits per heavy atom. The van der Waals surface area contributed by atoms with Crippen molar-refractivity contribution < 1.29 is 51.3 Å². The van der Waals surface area contributed by atoms with Gasteiger partial charge in [0, 0.05) is 16.7 Å². The van der Waals surface area contributed by atoms with Crippen LogP contribution in [-0.4, -0.2) is 65.3 Å². The summed E-state index contributed by atoms with van der Waals surface area (Å²) < 4.78 is 74.8. The number of hydrogen-bond acceptors (Lipinski definition) is 11. The molecule has 2 aromatic heterocycles. The summed E-state index contributed by atoms with van der Waals surface area (Å²) in [6.45, 7) is 2.95. The highest BCUT2D eigenvalue weighted by atomic mass is 32.1. The summed E-state index contributed by atoms with van der Waals surface area (Å²) in [5.41, 5.74) is 5.12. The van der Waals surface area contributed by atoms with Crippen molar-refractivity contribution in [2.24, 2.45) is 17.4 Å². The third-order valence-electron chi connectivity index (χ3n) is 8.45. The predicted octanol–water partition coefficient (Wildman–Crippen LogP) is 3.85. The molecule has 3 atom stereocenters. The van der Waals surface area contributed by atoms with Crippen LogP contribution in [0.25, 0.3) is 21.5 Å². The fraction of sp³-hybridized carbons (Fsp3) is 0.364. The van der Waals surface area contributed by atoms with Crippen LogP contribution < -0.4 is 26.3 Å². The van der Waals surface area contributed by atoms with Crippen molar-refractivity contribution in [1.29, 1.82) is 0 Å². The number of nitrogens with one attached hydrogen (secondary N) is 1. The summed E-state index contributed by atoms with van der Waals surface area (Å²) >= 11 is 1.06. The molecule has 12 nitrogen and oxygen atoms in total. The summed E-state index contributed by atoms with van der Waals surface area (Å²) in [6.07, 6.45) is -5.41. The van der Waals surface area contributed by atoms with E-state index in [1.54, 1.807) is 13.8 Å². The highest BCUT2D eigenvalue weighted by molar-refractivity contribution is 7.18. The fourth-order valence-corrected chi connectivity index (χ4v) is 6.08. The maximum absolute atomic E-state index is 14.8. The molecule has 0 radical (unpaired) electrons. The number of carbonyl (C=O) groups is 3. The van der Waals surface area contributed by atoms with E-state index >= 15 is 0 Å². The molecule has 2 aromatic carbocycles. The van der Waals surface area contributed by atoms with Crippen molar-refractivity contribution in [3.05, 3.63) is 70.1 Å². The Labute approximate surface area is 286 Å². The first-order chi connectivity index (χ1) is 23.4. The molecule has 0 spiro atoms. The lowest BCUT2D eigenvalue weighted by Gasteiger charge is -2.31. The number of ether oxygens (including phenoxy) is 3. The topological polar surface area (TPSA) is 189 Å². The molecule has 6 N–H and O–H groups in total. The van der Waals surface area contributed by atoms with E-state index in [9.17, 15) is 37.1 Å². The number of aromatic nitrogens is 2. The van der Waals surface area contributed by atoms with E-state index in [1.165, 1.54) is 38.3 Å². The number of thiazole rings is 1. The van der Waals surface area contributed by atoms with Gasteiger partial charge in [0.25, 0.3) is 5.91 Å². The molecule has 0 bridgehead atoms. The van der Waals surface area contributed by atoms with E-state index in [0.717, 1.165) is 29.5 Å². The summed E-state index contributed by atoms with van der Waals surface area (Å²) in [6, 6.07) is 7.25. The molecule has 266 valence electrons. The number of rotatable bonds is 11. The van der Waals surface area contributed by atoms with Gasteiger partial charge in [-0.2, -0.15) is 13.2 Å². The predicted molar refractivity (Wildman–Crippen MR) is 173 cm³/mol. The van der Waals surface area contributed by atoms with Crippen LogP contribution in [0.15, 0.2) is 42.5 Å². The Morgan fingerprint density at radius 1 is 1.14 bits per heavy atom. The first-order valence-corrected chi connectivity index (χ1v) is 15.9. The molecular weight excluding hydrogens is 686 g/mol. The number of pyridine rings is 1. The van der Waals surface area contributed by atoms with Gasteiger partial charge >= 0.3 is 12.1 Å². The van der Waals surface area contributed by atoms with Gasteiger partial charge in [0.2, 0.25) is 11.5 Å². The minimum Gasteiger partial charge on any atom is -0.494 e. The monoisotopic (exact) mass is 719 g/mol. The van der Waals surface area contributed by atoms with E-state index in [-0.39, 0.29) is 53.0 Å². The Hall–Kier alpha value is -4.87. The number of esters is 1. The Bertz CT molecular complexity index is 1970. The highest BCUT2D eigenvalue weighted by Crippen LogP contribution is 2.47. The van der Waals surface area contributed by atoms with Gasteiger partial charge in [-0.15, -0.1) is 11.3 Å². The lowest BCUT2D eigenvalue weighted by atomic mass is 9.81. The van der Waals surface area contributed by atoms with Gasteiger partial charge in [0.15, 0.2) is 0 Å². The minimum atomic E-state index is -5.41. The van der Waals surface area contributed by atoms with E-state index in [4.69, 9.17) is 25.7 Å². The van der Waals surface area contributed by atoms with Crippen molar-refractivity contribution >= 4 is 39.3 Å². The molecule has 1 unspecified atom stereocenters. The SMILES string of the molecule is COc1cc(C(=O)NCC(O)(c2cc3c(c(-c4ccc(F)cc4)n2)OC[C@]3(C)C(N)=O)C(F)(F)F)cc2sc(COC(=O)[C@@H](N)C(C)C)nc12. The van der Waals surface area contributed by atoms with Crippen LogP contribution in [0.3, 0.4) is 0 Å². The zero-order valence-electron chi connectivity index (χ0n) is 27.2. The van der Waals surface area contributed by atoms with Crippen LogP contribution >= 0.6 is 11.3 Å². The molecule has 1 aliphatic heterocycles. The number of aliphatic hydroxyl groups is 1. The van der Waals surface area contributed by atoms with E-state index in [1.807, 2.05) is 0 Å². The molecule has 0 saturated carbocycles. The quantitative estimate of drug-likeness (QED) is 0.131. The van der Waals surface area contributed by atoms with Crippen molar-refractivity contribution in [1.82, 2.24) is 15.3 Å². The molecule has 17 heteroatoms. The number of carbonyl (C=O) groups excluding carboxylic acids is 3. The van der Waals surface area contributed by atoms with Gasteiger partial charge in [-0.1, -0.05) is 13.8 Å². The molecule has 0 aliphatic carbocycles. The molecule has 4 aromatic rings. The van der Waals surface area contributed by atoms with Crippen molar-refractivity contribution in [3.63, 3.8) is 0 Å². The Balaban J connectivity index is 1.48. The summed E-state index contributed by atoms with van der Waals surface area (Å²) in [5.74, 6) is -3.28. The third-order valence-corrected chi connectivity index (χ3v) is 9.42. The average molecular weight is 720 g/mol. The molecular formula is C33H33F4N5O7S. The Morgan fingerprint density at radius 3 is 2.42 bits per heavy atom. The maximum atomic E-state index is 14.8. The van der Waals surface area contributed by atoms with Crippen LogP contribution in [0.2, 0.25) is 0 Å². The minimum absolute atomic E-state index is 0.0583. The van der Waals surface area contributed by atoms with Gasteiger partial charge in [-0.3, -0.25) is 14.4 Å². The van der Waals surface area contributed by atoms with Gasteiger partial charge in [-0.05, 0) is 55.3 Å². The van der Waals surface area contributed by atoms with E-state index in [2.05, 4.69) is 15.3 Å². The van der Waals surface area contributed by atoms with Crippen molar-refractivity contribution in [2.75, 3.05) is 20.3 Å². The van der Waals surface area contributed by atoms with Gasteiger partial charge in [0.1, 0.15) is 58.2 Å². The lowest BCUT2D eigenvalue weighted by Crippen LogP contribution is -2.51. The second-order valence-electron chi connectivity index (χ2n) is 12.3. The zero-order valence-corrected chi connectivity index (χ0v) is 28.0. The lowest BCUT2D eigenvalue weighted by molar-refractivity contribution is -0.265. The van der Waals surface area contributed by atoms with Crippen LogP contribution in [-0.2, 0) is 31.9 Å². The molecule has 2 amide bonds. The highest BCUT2D eigenvalue weighted by Gasteiger charge is 2.57. The standard InChI is InChI=1S/C33H33F4N5O7S/c1-15(2)24(38)29(44)48-12-23-42-26-20(47-4)9-17(10-21(26)50-23)28(43)40-13-32(46,33(35,36)37)22-11-19-27(49-14-31(19,3)30(39)45)25(41-22)16-5-7-18(34)8-6-16/h5-11,15,24,46H,12-14,38H2,1-4H3,(H2,39,45)(H,40,43)/t24-,31-,32?/m0/s1. The number of halogens is 4. The second-order valence-corrected chi connectivity index (χ2v) is 13.4. The summed E-state index contributed by atoms with van der Waals surface area (Å²) in [5, 5.41) is 13.8. The van der Waals surface area contributed by atoms with E-state index in [0.29, 0.717) is 15.2 Å². The van der Waals surface area contributed by atoms with Crippen LogP contribution in [0.5, 0.6) is 11.5 Å². The van der Waals surface area contributed by atoms with Gasteiger partial charge in [0.05, 0.1) is 24.0 Å². The van der Waals surface area contributed by atoms with Crippen LogP contribution in [0.1, 0.15) is 47.4 Å². The first kappa shape index (κ1) is 36.4. The normalized spacial score (nSPS) is 17.5. The number of benzene rings is 2. The van der Waals surface area contributed by atoms with Crippen molar-refractivity contribution in [3.8, 4) is 22.8 Å². The van der Waals surface area contributed by atoms with Crippen LogP contribution in [0, 0.1) is 11.7 Å². The number of nitrogens with two attached hydrogens (primary N) is 2. The number of nitrogens with zero attached hydrogens (tertiary/aromatic N) is 2. The summed E-state index contributed by atoms with van der Waals surface area (Å²) in [4.78, 5) is 46.5. The Kier molecular flexibility index (Phi) is 9.79. The van der Waals surface area contributed by atoms with Crippen LogP contribution in [0.4, 0.5) is 17.6 Å². The average Bonchev–Trinajstić information content (AvgIpc) is 3.65. The molecule has 5 rings (SSSR count). The molecule has 0 fully saturated rings. The fourth-order valence-electron chi connectivity index (χ4n) is 5.14. The molecule has 0 saturated heterocycles. The molecule has 3 heterocycles. The van der Waals surface area contributed by atoms with E-state index < -0.39 is 59.1 Å². The third kappa shape index (κ3) is 6.67. The number of alkyl halides is 3.